The van der Waals surface area contributed by atoms with E-state index in [4.69, 9.17) is 0 Å². The van der Waals surface area contributed by atoms with E-state index in [9.17, 15) is 14.5 Å². The molecule has 0 bridgehead atoms. The van der Waals surface area contributed by atoms with Crippen molar-refractivity contribution in [1.29, 1.82) is 0 Å². The van der Waals surface area contributed by atoms with Crippen LogP contribution < -0.4 is 5.32 Å². The van der Waals surface area contributed by atoms with E-state index in [0.717, 1.165) is 17.8 Å². The molecule has 1 aromatic heterocycles. The molecule has 0 fully saturated rings. The van der Waals surface area contributed by atoms with Crippen molar-refractivity contribution in [3.8, 4) is 0 Å². The van der Waals surface area contributed by atoms with Crippen LogP contribution in [0.3, 0.4) is 0 Å². The molecule has 0 amide bonds. The molecule has 0 aliphatic rings. The van der Waals surface area contributed by atoms with Crippen LogP contribution in [0, 0.1) is 15.9 Å². The number of anilines is 1. The number of hydrogen-bond donors (Lipinski definition) is 2. The Morgan fingerprint density at radius 1 is 1.56 bits per heavy atom. The number of nitrogens with one attached hydrogen (secondary N) is 2. The van der Waals surface area contributed by atoms with E-state index in [2.05, 4.69) is 31.2 Å². The highest BCUT2D eigenvalue weighted by Gasteiger charge is 2.17. The molecule has 8 heteroatoms. The van der Waals surface area contributed by atoms with Crippen LogP contribution in [0.4, 0.5) is 15.8 Å². The molecular weight excluding hydrogens is 307 g/mol. The smallest absolute Gasteiger partial charge is 0.293 e. The van der Waals surface area contributed by atoms with E-state index in [0.29, 0.717) is 6.54 Å². The monoisotopic (exact) mass is 314 g/mol. The molecule has 0 saturated carbocycles. The first-order valence-corrected chi connectivity index (χ1v) is 5.72. The lowest BCUT2D eigenvalue weighted by molar-refractivity contribution is -0.384. The molecule has 2 rings (SSSR count). The normalized spacial score (nSPS) is 10.3. The van der Waals surface area contributed by atoms with Crippen molar-refractivity contribution < 1.29 is 9.31 Å². The number of nitrogens with zero attached hydrogens (tertiary/aromatic N) is 2. The minimum Gasteiger partial charge on any atom is -0.374 e. The first kappa shape index (κ1) is 12.5. The van der Waals surface area contributed by atoms with Crippen molar-refractivity contribution in [2.24, 2.45) is 0 Å². The van der Waals surface area contributed by atoms with Gasteiger partial charge < -0.3 is 10.3 Å². The maximum atomic E-state index is 13.4. The Kier molecular flexibility index (Phi) is 3.56. The average Bonchev–Trinajstić information content (AvgIpc) is 2.83. The van der Waals surface area contributed by atoms with Crippen molar-refractivity contribution in [2.75, 3.05) is 5.32 Å². The van der Waals surface area contributed by atoms with Gasteiger partial charge in [0.25, 0.3) is 5.69 Å². The fraction of sp³-hybridized carbons (Fsp3) is 0.100. The van der Waals surface area contributed by atoms with Crippen LogP contribution in [0.15, 0.2) is 29.1 Å². The number of H-pyrrole nitrogens is 1. The van der Waals surface area contributed by atoms with Gasteiger partial charge in [-0.05, 0) is 15.9 Å². The van der Waals surface area contributed by atoms with Crippen LogP contribution in [0.1, 0.15) is 5.69 Å². The Hall–Kier alpha value is -1.96. The number of nitro benzene ring substituents is 1. The minimum atomic E-state index is -0.570. The van der Waals surface area contributed by atoms with Crippen LogP contribution >= 0.6 is 15.9 Å². The highest BCUT2D eigenvalue weighted by molar-refractivity contribution is 9.10. The van der Waals surface area contributed by atoms with E-state index in [1.807, 2.05) is 0 Å². The summed E-state index contributed by atoms with van der Waals surface area (Å²) in [6.07, 6.45) is 3.07. The second kappa shape index (κ2) is 5.13. The van der Waals surface area contributed by atoms with Gasteiger partial charge in [-0.25, -0.2) is 9.37 Å². The standard InChI is InChI=1S/C10H8BrFN4O2/c11-7-1-10(16(17)18)9(2-8(7)12)14-4-6-3-13-5-15-6/h1-3,5,14H,4H2,(H,13,15). The lowest BCUT2D eigenvalue weighted by Crippen LogP contribution is -2.03. The Morgan fingerprint density at radius 2 is 2.33 bits per heavy atom. The van der Waals surface area contributed by atoms with Gasteiger partial charge in [-0.15, -0.1) is 0 Å². The molecule has 0 aliphatic carbocycles. The van der Waals surface area contributed by atoms with Crippen LogP contribution in [0.5, 0.6) is 0 Å². The number of imidazole rings is 1. The SMILES string of the molecule is O=[N+]([O-])c1cc(Br)c(F)cc1NCc1cnc[nH]1. The third-order valence-electron chi connectivity index (χ3n) is 2.26. The average molecular weight is 315 g/mol. The van der Waals surface area contributed by atoms with Gasteiger partial charge >= 0.3 is 0 Å². The summed E-state index contributed by atoms with van der Waals surface area (Å²) in [5, 5.41) is 13.6. The van der Waals surface area contributed by atoms with Crippen molar-refractivity contribution in [3.05, 3.63) is 50.8 Å². The Bertz CT molecular complexity index is 574. The summed E-state index contributed by atoms with van der Waals surface area (Å²) in [4.78, 5) is 16.9. The van der Waals surface area contributed by atoms with Gasteiger partial charge in [0.15, 0.2) is 0 Å². The molecule has 0 saturated heterocycles. The predicted octanol–water partition coefficient (Wildman–Crippen LogP) is 2.83. The summed E-state index contributed by atoms with van der Waals surface area (Å²) < 4.78 is 13.4. The summed E-state index contributed by atoms with van der Waals surface area (Å²) >= 11 is 2.91. The van der Waals surface area contributed by atoms with Gasteiger partial charge in [-0.1, -0.05) is 0 Å². The number of nitro groups is 1. The Balaban J connectivity index is 2.25. The lowest BCUT2D eigenvalue weighted by atomic mass is 10.2. The highest BCUT2D eigenvalue weighted by Crippen LogP contribution is 2.30. The molecule has 0 aliphatic heterocycles. The van der Waals surface area contributed by atoms with Gasteiger partial charge in [0.05, 0.1) is 28.0 Å². The molecule has 0 radical (unpaired) electrons. The molecule has 1 heterocycles. The third-order valence-corrected chi connectivity index (χ3v) is 2.87. The number of aromatic amines is 1. The molecule has 6 nitrogen and oxygen atoms in total. The number of benzene rings is 1. The summed E-state index contributed by atoms with van der Waals surface area (Å²) in [7, 11) is 0. The van der Waals surface area contributed by atoms with E-state index < -0.39 is 10.7 Å². The van der Waals surface area contributed by atoms with E-state index in [1.165, 1.54) is 6.33 Å². The van der Waals surface area contributed by atoms with E-state index in [1.54, 1.807) is 6.20 Å². The van der Waals surface area contributed by atoms with Crippen molar-refractivity contribution >= 4 is 27.3 Å². The van der Waals surface area contributed by atoms with Crippen molar-refractivity contribution in [3.63, 3.8) is 0 Å². The maximum absolute atomic E-state index is 13.4. The molecular formula is C10H8BrFN4O2. The lowest BCUT2D eigenvalue weighted by Gasteiger charge is -2.06. The van der Waals surface area contributed by atoms with Crippen LogP contribution in [-0.4, -0.2) is 14.9 Å². The summed E-state index contributed by atoms with van der Waals surface area (Å²) in [6.45, 7) is 0.294. The summed E-state index contributed by atoms with van der Waals surface area (Å²) in [5.41, 5.74) is 0.672. The predicted molar refractivity (Wildman–Crippen MR) is 66.7 cm³/mol. The van der Waals surface area contributed by atoms with Gasteiger partial charge in [-0.3, -0.25) is 10.1 Å². The maximum Gasteiger partial charge on any atom is 0.293 e. The second-order valence-corrected chi connectivity index (χ2v) is 4.33. The molecule has 0 spiro atoms. The fourth-order valence-corrected chi connectivity index (χ4v) is 1.73. The summed E-state index contributed by atoms with van der Waals surface area (Å²) in [6, 6.07) is 2.21. The van der Waals surface area contributed by atoms with Crippen molar-refractivity contribution in [1.82, 2.24) is 9.97 Å². The van der Waals surface area contributed by atoms with Gasteiger partial charge in [0.2, 0.25) is 0 Å². The third kappa shape index (κ3) is 2.65. The number of rotatable bonds is 4. The zero-order valence-corrected chi connectivity index (χ0v) is 10.6. The topological polar surface area (TPSA) is 83.8 Å². The van der Waals surface area contributed by atoms with Crippen LogP contribution in [-0.2, 0) is 6.54 Å². The van der Waals surface area contributed by atoms with E-state index in [-0.39, 0.29) is 15.8 Å². The molecule has 18 heavy (non-hydrogen) atoms. The van der Waals surface area contributed by atoms with Gasteiger partial charge in [0, 0.05) is 18.3 Å². The molecule has 0 unspecified atom stereocenters. The zero-order valence-electron chi connectivity index (χ0n) is 8.98. The number of halogens is 2. The van der Waals surface area contributed by atoms with Crippen LogP contribution in [0.2, 0.25) is 0 Å². The zero-order chi connectivity index (χ0) is 13.1. The van der Waals surface area contributed by atoms with Gasteiger partial charge in [-0.2, -0.15) is 0 Å². The number of aromatic nitrogens is 2. The largest absolute Gasteiger partial charge is 0.374 e. The minimum absolute atomic E-state index is 0.0568. The first-order valence-electron chi connectivity index (χ1n) is 4.92. The molecule has 2 N–H and O–H groups in total. The molecule has 0 atom stereocenters. The summed E-state index contributed by atoms with van der Waals surface area (Å²) in [5.74, 6) is -0.562. The fourth-order valence-electron chi connectivity index (χ4n) is 1.40. The Labute approximate surface area is 110 Å². The van der Waals surface area contributed by atoms with Crippen molar-refractivity contribution in [2.45, 2.75) is 6.54 Å². The first-order chi connectivity index (χ1) is 8.58. The number of hydrogen-bond acceptors (Lipinski definition) is 4. The Morgan fingerprint density at radius 3 is 2.94 bits per heavy atom. The van der Waals surface area contributed by atoms with Crippen LogP contribution in [0.25, 0.3) is 0 Å². The molecule has 1 aromatic carbocycles. The molecule has 94 valence electrons. The quantitative estimate of drug-likeness (QED) is 0.671. The molecule has 2 aromatic rings. The van der Waals surface area contributed by atoms with E-state index >= 15 is 0 Å². The van der Waals surface area contributed by atoms with Gasteiger partial charge in [0.1, 0.15) is 11.5 Å². The highest BCUT2D eigenvalue weighted by atomic mass is 79.9. The second-order valence-electron chi connectivity index (χ2n) is 3.47.